The van der Waals surface area contributed by atoms with Crippen LogP contribution in [0.2, 0.25) is 10.0 Å². The molecule has 0 bridgehead atoms. The number of carboxylic acids is 1. The molecule has 0 saturated heterocycles. The van der Waals surface area contributed by atoms with Crippen LogP contribution < -0.4 is 0 Å². The summed E-state index contributed by atoms with van der Waals surface area (Å²) in [5.41, 5.74) is 2.28. The molecule has 0 aliphatic rings. The molecule has 0 heterocycles. The van der Waals surface area contributed by atoms with Crippen molar-refractivity contribution >= 4 is 40.8 Å². The van der Waals surface area contributed by atoms with Gasteiger partial charge in [-0.05, 0) is 28.8 Å². The molecule has 0 radical (unpaired) electrons. The Bertz CT molecular complexity index is 704. The fraction of sp³-hybridized carbons (Fsp3) is 0. The van der Waals surface area contributed by atoms with Gasteiger partial charge in [-0.1, -0.05) is 71.8 Å². The number of aliphatic carboxylic acids is 1. The first kappa shape index (κ1) is 15.4. The highest BCUT2D eigenvalue weighted by Gasteiger charge is 2.01. The van der Waals surface area contributed by atoms with Gasteiger partial charge < -0.3 is 5.11 Å². The Balaban J connectivity index is 2.33. The Kier molecular flexibility index (Phi) is 5.20. The number of carboxylic acid groups (broad SMARTS) is 1. The Labute approximate surface area is 132 Å². The minimum atomic E-state index is -0.993. The van der Waals surface area contributed by atoms with Crippen molar-refractivity contribution in [3.8, 4) is 0 Å². The lowest BCUT2D eigenvalue weighted by Crippen LogP contribution is -1.90. The van der Waals surface area contributed by atoms with Crippen LogP contribution in [0.15, 0.2) is 60.7 Å². The minimum Gasteiger partial charge on any atom is -0.478 e. The van der Waals surface area contributed by atoms with Gasteiger partial charge in [-0.2, -0.15) is 0 Å². The average Bonchev–Trinajstić information content (AvgIpc) is 2.47. The zero-order chi connectivity index (χ0) is 15.2. The molecule has 0 saturated carbocycles. The van der Waals surface area contributed by atoms with Gasteiger partial charge in [0.05, 0.1) is 10.0 Å². The zero-order valence-electron chi connectivity index (χ0n) is 11.0. The molecule has 0 aliphatic carbocycles. The highest BCUT2D eigenvalue weighted by atomic mass is 35.5. The number of benzene rings is 2. The summed E-state index contributed by atoms with van der Waals surface area (Å²) in [5, 5.41) is 9.92. The zero-order valence-corrected chi connectivity index (χ0v) is 12.5. The van der Waals surface area contributed by atoms with Gasteiger partial charge in [0.15, 0.2) is 0 Å². The molecule has 2 nitrogen and oxygen atoms in total. The van der Waals surface area contributed by atoms with Gasteiger partial charge in [0.2, 0.25) is 0 Å². The first-order valence-corrected chi connectivity index (χ1v) is 6.95. The van der Waals surface area contributed by atoms with Crippen LogP contribution in [-0.4, -0.2) is 11.1 Å². The molecular weight excluding hydrogens is 307 g/mol. The fourth-order valence-electron chi connectivity index (χ4n) is 1.79. The van der Waals surface area contributed by atoms with Gasteiger partial charge in [-0.15, -0.1) is 0 Å². The van der Waals surface area contributed by atoms with E-state index < -0.39 is 5.97 Å². The van der Waals surface area contributed by atoms with E-state index in [1.807, 2.05) is 36.4 Å². The first-order chi connectivity index (χ1) is 10.1. The van der Waals surface area contributed by atoms with Crippen LogP contribution in [0.1, 0.15) is 11.1 Å². The summed E-state index contributed by atoms with van der Waals surface area (Å²) in [4.78, 5) is 10.9. The summed E-state index contributed by atoms with van der Waals surface area (Å²) in [7, 11) is 0. The number of allylic oxidation sites excluding steroid dienone is 2. The van der Waals surface area contributed by atoms with E-state index in [1.165, 1.54) is 6.08 Å². The monoisotopic (exact) mass is 318 g/mol. The summed E-state index contributed by atoms with van der Waals surface area (Å²) in [6.45, 7) is 0. The summed E-state index contributed by atoms with van der Waals surface area (Å²) in [5.74, 6) is -0.993. The largest absolute Gasteiger partial charge is 0.478 e. The second kappa shape index (κ2) is 7.11. The smallest absolute Gasteiger partial charge is 0.328 e. The van der Waals surface area contributed by atoms with Crippen molar-refractivity contribution in [1.82, 2.24) is 0 Å². The van der Waals surface area contributed by atoms with E-state index in [9.17, 15) is 4.79 Å². The third kappa shape index (κ3) is 4.48. The highest BCUT2D eigenvalue weighted by molar-refractivity contribution is 6.42. The lowest BCUT2D eigenvalue weighted by Gasteiger charge is -2.02. The van der Waals surface area contributed by atoms with E-state index >= 15 is 0 Å². The van der Waals surface area contributed by atoms with Gasteiger partial charge in [0.1, 0.15) is 0 Å². The lowest BCUT2D eigenvalue weighted by molar-refractivity contribution is -0.131. The van der Waals surface area contributed by atoms with Gasteiger partial charge in [-0.3, -0.25) is 0 Å². The summed E-state index contributed by atoms with van der Waals surface area (Å²) in [6, 6.07) is 14.5. The number of carbonyl (C=O) groups is 1. The third-order valence-corrected chi connectivity index (χ3v) is 3.52. The van der Waals surface area contributed by atoms with Gasteiger partial charge in [-0.25, -0.2) is 4.79 Å². The van der Waals surface area contributed by atoms with Crippen molar-refractivity contribution < 1.29 is 9.90 Å². The normalized spacial score (nSPS) is 11.8. The van der Waals surface area contributed by atoms with Gasteiger partial charge in [0.25, 0.3) is 0 Å². The third-order valence-electron chi connectivity index (χ3n) is 2.79. The standard InChI is InChI=1S/C17H12Cl2O2/c18-15-9-7-12(10-16(15)19)6-8-14(11-17(20)21)13-4-2-1-3-5-13/h1-11H,(H,20,21)/b8-6+,14-11-. The van der Waals surface area contributed by atoms with Crippen LogP contribution >= 0.6 is 23.2 Å². The maximum Gasteiger partial charge on any atom is 0.328 e. The molecule has 0 atom stereocenters. The molecule has 106 valence electrons. The predicted octanol–water partition coefficient (Wildman–Crippen LogP) is 5.17. The molecule has 1 N–H and O–H groups in total. The molecule has 4 heteroatoms. The van der Waals surface area contributed by atoms with E-state index in [-0.39, 0.29) is 0 Å². The SMILES string of the molecule is O=C(O)/C=C(/C=C/c1ccc(Cl)c(Cl)c1)c1ccccc1. The van der Waals surface area contributed by atoms with E-state index in [4.69, 9.17) is 28.3 Å². The molecular formula is C17H12Cl2O2. The van der Waals surface area contributed by atoms with Crippen LogP contribution in [0.5, 0.6) is 0 Å². The maximum absolute atomic E-state index is 10.9. The van der Waals surface area contributed by atoms with Crippen molar-refractivity contribution in [2.24, 2.45) is 0 Å². The Morgan fingerprint density at radius 2 is 1.71 bits per heavy atom. The Morgan fingerprint density at radius 1 is 1.00 bits per heavy atom. The molecule has 0 aromatic heterocycles. The molecule has 2 rings (SSSR count). The summed E-state index contributed by atoms with van der Waals surface area (Å²) >= 11 is 11.8. The van der Waals surface area contributed by atoms with Crippen LogP contribution in [0, 0.1) is 0 Å². The Morgan fingerprint density at radius 3 is 2.33 bits per heavy atom. The van der Waals surface area contributed by atoms with Crippen LogP contribution in [0.25, 0.3) is 11.6 Å². The number of rotatable bonds is 4. The number of hydrogen-bond acceptors (Lipinski definition) is 1. The van der Waals surface area contributed by atoms with Crippen molar-refractivity contribution in [3.63, 3.8) is 0 Å². The molecule has 2 aromatic carbocycles. The van der Waals surface area contributed by atoms with Gasteiger partial charge >= 0.3 is 5.97 Å². The number of hydrogen-bond donors (Lipinski definition) is 1. The highest BCUT2D eigenvalue weighted by Crippen LogP contribution is 2.24. The molecule has 0 fully saturated rings. The first-order valence-electron chi connectivity index (χ1n) is 6.19. The fourth-order valence-corrected chi connectivity index (χ4v) is 2.10. The molecule has 0 amide bonds. The lowest BCUT2D eigenvalue weighted by atomic mass is 10.0. The van der Waals surface area contributed by atoms with E-state index in [0.29, 0.717) is 15.6 Å². The van der Waals surface area contributed by atoms with E-state index in [0.717, 1.165) is 11.1 Å². The second-order valence-corrected chi connectivity index (χ2v) is 5.13. The maximum atomic E-state index is 10.9. The molecule has 0 spiro atoms. The van der Waals surface area contributed by atoms with Crippen molar-refractivity contribution in [2.45, 2.75) is 0 Å². The van der Waals surface area contributed by atoms with E-state index in [2.05, 4.69) is 0 Å². The van der Waals surface area contributed by atoms with Crippen LogP contribution in [0.3, 0.4) is 0 Å². The predicted molar refractivity (Wildman–Crippen MR) is 87.6 cm³/mol. The van der Waals surface area contributed by atoms with Crippen LogP contribution in [0.4, 0.5) is 0 Å². The van der Waals surface area contributed by atoms with Crippen molar-refractivity contribution in [3.05, 3.63) is 81.9 Å². The molecule has 0 unspecified atom stereocenters. The molecule has 2 aromatic rings. The van der Waals surface area contributed by atoms with Crippen molar-refractivity contribution in [1.29, 1.82) is 0 Å². The molecule has 21 heavy (non-hydrogen) atoms. The summed E-state index contributed by atoms with van der Waals surface area (Å²) < 4.78 is 0. The second-order valence-electron chi connectivity index (χ2n) is 4.31. The van der Waals surface area contributed by atoms with Crippen LogP contribution in [-0.2, 0) is 4.79 Å². The Hall–Kier alpha value is -2.03. The summed E-state index contributed by atoms with van der Waals surface area (Å²) in [6.07, 6.45) is 4.70. The quantitative estimate of drug-likeness (QED) is 0.623. The van der Waals surface area contributed by atoms with E-state index in [1.54, 1.807) is 24.3 Å². The average molecular weight is 319 g/mol. The van der Waals surface area contributed by atoms with Gasteiger partial charge in [0, 0.05) is 6.08 Å². The van der Waals surface area contributed by atoms with Crippen molar-refractivity contribution in [2.75, 3.05) is 0 Å². The topological polar surface area (TPSA) is 37.3 Å². The molecule has 0 aliphatic heterocycles. The minimum absolute atomic E-state index is 0.460. The number of halogens is 2.